The van der Waals surface area contributed by atoms with E-state index in [4.69, 9.17) is 39.8 Å². The van der Waals surface area contributed by atoms with Crippen LogP contribution in [0.3, 0.4) is 0 Å². The van der Waals surface area contributed by atoms with Crippen LogP contribution in [0.25, 0.3) is 10.9 Å². The van der Waals surface area contributed by atoms with E-state index in [-0.39, 0.29) is 16.6 Å². The molecule has 1 atom stereocenters. The molecule has 242 valence electrons. The van der Waals surface area contributed by atoms with Crippen molar-refractivity contribution in [1.29, 1.82) is 5.26 Å². The van der Waals surface area contributed by atoms with Crippen LogP contribution in [0.15, 0.2) is 67.0 Å². The van der Waals surface area contributed by atoms with Gasteiger partial charge in [0.25, 0.3) is 0 Å². The molecular weight excluding hydrogens is 658 g/mol. The molecule has 1 saturated heterocycles. The molecular formula is C35H34Cl3FN8. The molecule has 0 aliphatic carbocycles. The summed E-state index contributed by atoms with van der Waals surface area (Å²) in [5.41, 5.74) is 4.48. The number of anilines is 3. The summed E-state index contributed by atoms with van der Waals surface area (Å²) in [5.74, 6) is -0.529. The van der Waals surface area contributed by atoms with E-state index in [9.17, 15) is 9.65 Å². The van der Waals surface area contributed by atoms with Crippen LogP contribution in [0.2, 0.25) is 15.1 Å². The maximum Gasteiger partial charge on any atom is 0.141 e. The van der Waals surface area contributed by atoms with Gasteiger partial charge in [0.2, 0.25) is 0 Å². The molecule has 0 saturated carbocycles. The number of nitrogens with zero attached hydrogens (tertiary/aromatic N) is 7. The standard InChI is InChI=1S/C35H34Cl3FN8/c1-35(2,3)46-13-11-25(12-14-46)47-20-31(43-44-47)32(21-5-7-23(36)8-6-21)42-30-16-24(37)15-27-33(30)41-19-22(18-40)34(27)45(4)26-9-10-29(39)28(38)17-26/h5-10,15-17,19-20,25,32,42H,11-14H2,1-4H3/t32-/m0/s1. The average Bonchev–Trinajstić information content (AvgIpc) is 3.54. The van der Waals surface area contributed by atoms with Gasteiger partial charge in [-0.15, -0.1) is 5.10 Å². The normalized spacial score (nSPS) is 15.0. The number of hydrogen-bond acceptors (Lipinski definition) is 7. The molecule has 12 heteroatoms. The molecule has 1 N–H and O–H groups in total. The zero-order valence-corrected chi connectivity index (χ0v) is 28.7. The molecule has 3 heterocycles. The number of aromatic nitrogens is 4. The fourth-order valence-corrected chi connectivity index (χ4v) is 6.69. The van der Waals surface area contributed by atoms with Crippen LogP contribution in [0.4, 0.5) is 21.5 Å². The summed E-state index contributed by atoms with van der Waals surface area (Å²) in [4.78, 5) is 8.98. The number of piperidine rings is 1. The lowest BCUT2D eigenvalue weighted by Crippen LogP contribution is -2.46. The molecule has 8 nitrogen and oxygen atoms in total. The van der Waals surface area contributed by atoms with Gasteiger partial charge in [0.05, 0.1) is 45.8 Å². The fraction of sp³-hybridized carbons (Fsp3) is 0.314. The Bertz CT molecular complexity index is 1960. The van der Waals surface area contributed by atoms with Crippen LogP contribution >= 0.6 is 34.8 Å². The molecule has 1 aliphatic rings. The maximum absolute atomic E-state index is 14.0. The van der Waals surface area contributed by atoms with Crippen LogP contribution in [-0.2, 0) is 0 Å². The van der Waals surface area contributed by atoms with Gasteiger partial charge in [-0.1, -0.05) is 52.1 Å². The Labute approximate surface area is 288 Å². The molecule has 0 bridgehead atoms. The van der Waals surface area contributed by atoms with Gasteiger partial charge < -0.3 is 10.2 Å². The predicted molar refractivity (Wildman–Crippen MR) is 187 cm³/mol. The Balaban J connectivity index is 1.40. The molecule has 0 unspecified atom stereocenters. The minimum absolute atomic E-state index is 0.0229. The molecule has 0 spiro atoms. The van der Waals surface area contributed by atoms with Gasteiger partial charge in [0.15, 0.2) is 0 Å². The number of halogens is 4. The summed E-state index contributed by atoms with van der Waals surface area (Å²) in [5, 5.41) is 24.6. The van der Waals surface area contributed by atoms with Crippen molar-refractivity contribution in [1.82, 2.24) is 24.9 Å². The molecule has 47 heavy (non-hydrogen) atoms. The first kappa shape index (κ1) is 33.0. The second-order valence-corrected chi connectivity index (χ2v) is 14.1. The van der Waals surface area contributed by atoms with Crippen LogP contribution in [0.1, 0.15) is 62.5 Å². The number of nitriles is 1. The highest BCUT2D eigenvalue weighted by molar-refractivity contribution is 6.32. The van der Waals surface area contributed by atoms with Gasteiger partial charge in [0.1, 0.15) is 17.6 Å². The number of benzene rings is 3. The quantitative estimate of drug-likeness (QED) is 0.182. The molecule has 6 rings (SSSR count). The molecule has 1 fully saturated rings. The Morgan fingerprint density at radius 2 is 1.74 bits per heavy atom. The predicted octanol–water partition coefficient (Wildman–Crippen LogP) is 9.20. The van der Waals surface area contributed by atoms with Crippen molar-refractivity contribution in [3.63, 3.8) is 0 Å². The zero-order valence-electron chi connectivity index (χ0n) is 26.5. The van der Waals surface area contributed by atoms with Gasteiger partial charge in [-0.05, 0) is 81.6 Å². The Morgan fingerprint density at radius 3 is 2.40 bits per heavy atom. The summed E-state index contributed by atoms with van der Waals surface area (Å²) < 4.78 is 16.0. The van der Waals surface area contributed by atoms with E-state index in [0.717, 1.165) is 37.2 Å². The molecule has 0 radical (unpaired) electrons. The van der Waals surface area contributed by atoms with Crippen LogP contribution in [0, 0.1) is 17.1 Å². The van der Waals surface area contributed by atoms with Crippen molar-refractivity contribution < 1.29 is 4.39 Å². The number of rotatable bonds is 7. The highest BCUT2D eigenvalue weighted by atomic mass is 35.5. The number of likely N-dealkylation sites (tertiary alicyclic amines) is 1. The first-order chi connectivity index (χ1) is 22.4. The third-order valence-corrected chi connectivity index (χ3v) is 9.53. The number of hydrogen-bond donors (Lipinski definition) is 1. The molecule has 5 aromatic rings. The summed E-state index contributed by atoms with van der Waals surface area (Å²) in [6.07, 6.45) is 5.50. The average molecular weight is 692 g/mol. The topological polar surface area (TPSA) is 85.9 Å². The SMILES string of the molecule is CN(c1ccc(F)c(Cl)c1)c1c(C#N)cnc2c(N[C@@H](c3ccc(Cl)cc3)c3cn(C4CCN(C(C)(C)C)CC4)nn3)cc(Cl)cc12. The Kier molecular flexibility index (Phi) is 9.32. The largest absolute Gasteiger partial charge is 0.371 e. The van der Waals surface area contributed by atoms with Crippen LogP contribution < -0.4 is 10.2 Å². The first-order valence-electron chi connectivity index (χ1n) is 15.3. The van der Waals surface area contributed by atoms with Gasteiger partial charge >= 0.3 is 0 Å². The van der Waals surface area contributed by atoms with E-state index >= 15 is 0 Å². The van der Waals surface area contributed by atoms with Crippen molar-refractivity contribution in [3.05, 3.63) is 105 Å². The minimum atomic E-state index is -0.529. The molecule has 1 aliphatic heterocycles. The smallest absolute Gasteiger partial charge is 0.141 e. The molecule has 0 amide bonds. The Hall–Kier alpha value is -3.94. The van der Waals surface area contributed by atoms with E-state index in [0.29, 0.717) is 43.6 Å². The lowest BCUT2D eigenvalue weighted by molar-refractivity contribution is 0.0866. The summed E-state index contributed by atoms with van der Waals surface area (Å²) >= 11 is 19.1. The highest BCUT2D eigenvalue weighted by Gasteiger charge is 2.29. The highest BCUT2D eigenvalue weighted by Crippen LogP contribution is 2.40. The Morgan fingerprint density at radius 1 is 1.02 bits per heavy atom. The van der Waals surface area contributed by atoms with E-state index in [1.165, 1.54) is 18.3 Å². The van der Waals surface area contributed by atoms with Gasteiger partial charge in [0, 0.05) is 53.0 Å². The van der Waals surface area contributed by atoms with Crippen molar-refractivity contribution in [2.45, 2.75) is 51.2 Å². The lowest BCUT2D eigenvalue weighted by atomic mass is 9.98. The number of fused-ring (bicyclic) bond motifs is 1. The summed E-state index contributed by atoms with van der Waals surface area (Å²) in [7, 11) is 1.79. The van der Waals surface area contributed by atoms with Gasteiger partial charge in [-0.3, -0.25) is 9.88 Å². The van der Waals surface area contributed by atoms with Crippen molar-refractivity contribution in [3.8, 4) is 6.07 Å². The monoisotopic (exact) mass is 690 g/mol. The third-order valence-electron chi connectivity index (χ3n) is 8.77. The zero-order chi connectivity index (χ0) is 33.5. The lowest BCUT2D eigenvalue weighted by Gasteiger charge is -2.40. The first-order valence-corrected chi connectivity index (χ1v) is 16.5. The second-order valence-electron chi connectivity index (χ2n) is 12.8. The second kappa shape index (κ2) is 13.3. The van der Waals surface area contributed by atoms with Crippen molar-refractivity contribution in [2.75, 3.05) is 30.4 Å². The fourth-order valence-electron chi connectivity index (χ4n) is 6.17. The number of pyridine rings is 1. The summed E-state index contributed by atoms with van der Waals surface area (Å²) in [6.45, 7) is 8.73. The van der Waals surface area contributed by atoms with Crippen LogP contribution in [0.5, 0.6) is 0 Å². The van der Waals surface area contributed by atoms with E-state index in [1.54, 1.807) is 30.1 Å². The van der Waals surface area contributed by atoms with Crippen molar-refractivity contribution in [2.24, 2.45) is 0 Å². The molecule has 3 aromatic carbocycles. The van der Waals surface area contributed by atoms with E-state index in [1.807, 2.05) is 35.1 Å². The van der Waals surface area contributed by atoms with E-state index in [2.05, 4.69) is 47.4 Å². The third kappa shape index (κ3) is 6.88. The number of nitrogens with one attached hydrogen (secondary N) is 1. The van der Waals surface area contributed by atoms with Crippen LogP contribution in [-0.4, -0.2) is 50.6 Å². The molecule has 2 aromatic heterocycles. The van der Waals surface area contributed by atoms with Gasteiger partial charge in [-0.25, -0.2) is 9.07 Å². The summed E-state index contributed by atoms with van der Waals surface area (Å²) in [6, 6.07) is 17.6. The van der Waals surface area contributed by atoms with E-state index < -0.39 is 11.9 Å². The van der Waals surface area contributed by atoms with Crippen molar-refractivity contribution >= 4 is 62.8 Å². The minimum Gasteiger partial charge on any atom is -0.371 e. The van der Waals surface area contributed by atoms with Gasteiger partial charge in [-0.2, -0.15) is 5.26 Å². The maximum atomic E-state index is 14.0.